The lowest BCUT2D eigenvalue weighted by Gasteiger charge is -2.35. The Kier molecular flexibility index (Phi) is 8.69. The molecule has 13 heteroatoms. The fraction of sp³-hybridized carbons (Fsp3) is 0.400. The van der Waals surface area contributed by atoms with Crippen molar-refractivity contribution in [3.63, 3.8) is 0 Å². The number of piperidine rings is 1. The SMILES string of the molecule is O=C(NC[C@H](NS(=O)(=O)c1ccccc1)C(=O)O)c1ccc(N2CCC(NC3=NCCCN3)CC2)c(O)c1. The molecule has 12 nitrogen and oxygen atoms in total. The molecule has 0 saturated carbocycles. The Bertz CT molecular complexity index is 1280. The summed E-state index contributed by atoms with van der Waals surface area (Å²) in [7, 11) is -4.10. The van der Waals surface area contributed by atoms with E-state index in [1.807, 2.05) is 4.90 Å². The molecule has 0 bridgehead atoms. The standard InChI is InChI=1S/C25H32N6O6S/c32-22-15-17(7-8-21(22)31-13-9-18(10-14-31)29-25-26-11-4-12-27-25)23(33)28-16-20(24(34)35)30-38(36,37)19-5-2-1-3-6-19/h1-3,5-8,15,18,20,30,32H,4,9-14,16H2,(H,28,33)(H,34,35)(H2,26,27,29)/t20-/m0/s1. The van der Waals surface area contributed by atoms with Crippen LogP contribution in [0.25, 0.3) is 0 Å². The number of carboxylic acid groups (broad SMARTS) is 1. The van der Waals surface area contributed by atoms with Crippen LogP contribution in [0.2, 0.25) is 0 Å². The second-order valence-electron chi connectivity index (χ2n) is 9.15. The van der Waals surface area contributed by atoms with Crippen molar-refractivity contribution in [1.82, 2.24) is 20.7 Å². The number of amides is 1. The highest BCUT2D eigenvalue weighted by atomic mass is 32.2. The number of nitrogens with zero attached hydrogens (tertiary/aromatic N) is 2. The molecule has 0 unspecified atom stereocenters. The monoisotopic (exact) mass is 544 g/mol. The number of guanidine groups is 1. The highest BCUT2D eigenvalue weighted by Crippen LogP contribution is 2.30. The summed E-state index contributed by atoms with van der Waals surface area (Å²) in [5.41, 5.74) is 0.728. The minimum absolute atomic E-state index is 0.0676. The van der Waals surface area contributed by atoms with Gasteiger partial charge in [0.15, 0.2) is 5.96 Å². The molecule has 6 N–H and O–H groups in total. The van der Waals surface area contributed by atoms with E-state index >= 15 is 0 Å². The van der Waals surface area contributed by atoms with Gasteiger partial charge in [0.1, 0.15) is 11.8 Å². The van der Waals surface area contributed by atoms with Crippen molar-refractivity contribution in [2.45, 2.75) is 36.2 Å². The van der Waals surface area contributed by atoms with Gasteiger partial charge >= 0.3 is 5.97 Å². The first-order valence-corrected chi connectivity index (χ1v) is 13.9. The Morgan fingerprint density at radius 2 is 1.87 bits per heavy atom. The molecule has 2 aliphatic heterocycles. The van der Waals surface area contributed by atoms with Crippen LogP contribution in [0, 0.1) is 0 Å². The van der Waals surface area contributed by atoms with E-state index in [1.54, 1.807) is 18.2 Å². The Labute approximate surface area is 221 Å². The lowest BCUT2D eigenvalue weighted by molar-refractivity contribution is -0.138. The van der Waals surface area contributed by atoms with Crippen molar-refractivity contribution in [3.05, 3.63) is 54.1 Å². The Hall–Kier alpha value is -3.84. The van der Waals surface area contributed by atoms with Crippen LogP contribution in [0.15, 0.2) is 58.4 Å². The average molecular weight is 545 g/mol. The van der Waals surface area contributed by atoms with Gasteiger partial charge in [0, 0.05) is 44.3 Å². The summed E-state index contributed by atoms with van der Waals surface area (Å²) in [4.78, 5) is 30.7. The van der Waals surface area contributed by atoms with Crippen molar-refractivity contribution in [1.29, 1.82) is 0 Å². The fourth-order valence-electron chi connectivity index (χ4n) is 4.35. The number of carbonyl (C=O) groups is 2. The van der Waals surface area contributed by atoms with Gasteiger partial charge in [-0.2, -0.15) is 4.72 Å². The third-order valence-electron chi connectivity index (χ3n) is 6.43. The predicted octanol–water partition coefficient (Wildman–Crippen LogP) is 0.461. The Morgan fingerprint density at radius 3 is 2.50 bits per heavy atom. The molecule has 4 rings (SSSR count). The highest BCUT2D eigenvalue weighted by molar-refractivity contribution is 7.89. The molecule has 1 fully saturated rings. The van der Waals surface area contributed by atoms with Crippen molar-refractivity contribution in [3.8, 4) is 5.75 Å². The van der Waals surface area contributed by atoms with Gasteiger partial charge in [-0.25, -0.2) is 8.42 Å². The zero-order chi connectivity index (χ0) is 27.1. The van der Waals surface area contributed by atoms with Crippen LogP contribution in [-0.4, -0.2) is 81.3 Å². The van der Waals surface area contributed by atoms with Crippen molar-refractivity contribution >= 4 is 33.5 Å². The highest BCUT2D eigenvalue weighted by Gasteiger charge is 2.27. The van der Waals surface area contributed by atoms with Crippen LogP contribution in [-0.2, 0) is 14.8 Å². The molecule has 2 aromatic rings. The zero-order valence-corrected chi connectivity index (χ0v) is 21.6. The lowest BCUT2D eigenvalue weighted by atomic mass is 10.0. The molecule has 204 valence electrons. The molecule has 2 heterocycles. The third kappa shape index (κ3) is 6.92. The summed E-state index contributed by atoms with van der Waals surface area (Å²) in [6, 6.07) is 10.6. The number of hydrogen-bond acceptors (Lipinski definition) is 9. The molecule has 0 spiro atoms. The maximum atomic E-state index is 12.6. The minimum atomic E-state index is -4.10. The quantitative estimate of drug-likeness (QED) is 0.262. The van der Waals surface area contributed by atoms with Gasteiger partial charge in [0.25, 0.3) is 5.91 Å². The van der Waals surface area contributed by atoms with Gasteiger partial charge in [0.2, 0.25) is 10.0 Å². The summed E-state index contributed by atoms with van der Waals surface area (Å²) in [5, 5.41) is 29.2. The van der Waals surface area contributed by atoms with Crippen LogP contribution < -0.4 is 25.6 Å². The number of rotatable bonds is 9. The summed E-state index contributed by atoms with van der Waals surface area (Å²) in [6.45, 7) is 2.68. The first-order valence-electron chi connectivity index (χ1n) is 12.4. The smallest absolute Gasteiger partial charge is 0.323 e. The van der Waals surface area contributed by atoms with E-state index in [9.17, 15) is 28.2 Å². The topological polar surface area (TPSA) is 172 Å². The number of benzene rings is 2. The fourth-order valence-corrected chi connectivity index (χ4v) is 5.56. The van der Waals surface area contributed by atoms with E-state index < -0.39 is 34.5 Å². The summed E-state index contributed by atoms with van der Waals surface area (Å²) in [5.74, 6) is -1.30. The number of phenolic OH excluding ortho intramolecular Hbond substituents is 1. The first-order chi connectivity index (χ1) is 18.2. The number of phenols is 1. The largest absolute Gasteiger partial charge is 0.506 e. The van der Waals surface area contributed by atoms with E-state index in [4.69, 9.17) is 0 Å². The molecule has 38 heavy (non-hydrogen) atoms. The molecule has 1 amide bonds. The van der Waals surface area contributed by atoms with Gasteiger partial charge in [-0.05, 0) is 49.6 Å². The number of carbonyl (C=O) groups excluding carboxylic acids is 1. The Balaban J connectivity index is 1.32. The second kappa shape index (κ2) is 12.1. The number of anilines is 1. The number of nitrogens with one attached hydrogen (secondary N) is 4. The molecule has 1 atom stereocenters. The zero-order valence-electron chi connectivity index (χ0n) is 20.8. The Morgan fingerprint density at radius 1 is 1.13 bits per heavy atom. The van der Waals surface area contributed by atoms with Crippen LogP contribution in [0.1, 0.15) is 29.6 Å². The summed E-state index contributed by atoms with van der Waals surface area (Å²) < 4.78 is 27.0. The molecule has 2 aliphatic rings. The van der Waals surface area contributed by atoms with Gasteiger partial charge in [0.05, 0.1) is 10.6 Å². The first kappa shape index (κ1) is 27.2. The number of aliphatic carboxylic acids is 1. The van der Waals surface area contributed by atoms with E-state index in [-0.39, 0.29) is 22.3 Å². The molecular formula is C25H32N6O6S. The van der Waals surface area contributed by atoms with Gasteiger partial charge < -0.3 is 31.1 Å². The van der Waals surface area contributed by atoms with Gasteiger partial charge in [-0.1, -0.05) is 18.2 Å². The number of sulfonamides is 1. The second-order valence-corrected chi connectivity index (χ2v) is 10.9. The number of aromatic hydroxyl groups is 1. The summed E-state index contributed by atoms with van der Waals surface area (Å²) in [6.07, 6.45) is 2.75. The normalized spacial score (nSPS) is 17.2. The van der Waals surface area contributed by atoms with Crippen molar-refractivity contribution < 1.29 is 28.2 Å². The predicted molar refractivity (Wildman–Crippen MR) is 142 cm³/mol. The molecule has 1 saturated heterocycles. The molecule has 0 radical (unpaired) electrons. The number of hydrogen-bond donors (Lipinski definition) is 6. The van der Waals surface area contributed by atoms with Gasteiger partial charge in [-0.3, -0.25) is 14.6 Å². The summed E-state index contributed by atoms with van der Waals surface area (Å²) >= 11 is 0. The average Bonchev–Trinajstić information content (AvgIpc) is 2.92. The van der Waals surface area contributed by atoms with E-state index in [0.29, 0.717) is 18.8 Å². The third-order valence-corrected chi connectivity index (χ3v) is 7.91. The van der Waals surface area contributed by atoms with Crippen LogP contribution in [0.5, 0.6) is 5.75 Å². The number of aliphatic imine (C=N–C) groups is 1. The van der Waals surface area contributed by atoms with Crippen molar-refractivity contribution in [2.75, 3.05) is 37.6 Å². The maximum Gasteiger partial charge on any atom is 0.323 e. The molecule has 0 aliphatic carbocycles. The molecular weight excluding hydrogens is 512 g/mol. The van der Waals surface area contributed by atoms with E-state index in [0.717, 1.165) is 38.3 Å². The van der Waals surface area contributed by atoms with E-state index in [2.05, 4.69) is 25.7 Å². The van der Waals surface area contributed by atoms with Crippen LogP contribution in [0.4, 0.5) is 5.69 Å². The van der Waals surface area contributed by atoms with Crippen LogP contribution >= 0.6 is 0 Å². The lowest BCUT2D eigenvalue weighted by Crippen LogP contribution is -2.50. The molecule has 2 aromatic carbocycles. The van der Waals surface area contributed by atoms with Crippen LogP contribution in [0.3, 0.4) is 0 Å². The number of carboxylic acids is 1. The van der Waals surface area contributed by atoms with Gasteiger partial charge in [-0.15, -0.1) is 0 Å². The van der Waals surface area contributed by atoms with E-state index in [1.165, 1.54) is 30.3 Å². The van der Waals surface area contributed by atoms with Crippen molar-refractivity contribution in [2.24, 2.45) is 4.99 Å². The molecule has 0 aromatic heterocycles. The minimum Gasteiger partial charge on any atom is -0.506 e. The maximum absolute atomic E-state index is 12.6.